The van der Waals surface area contributed by atoms with Crippen molar-refractivity contribution in [3.8, 4) is 0 Å². The molecule has 1 heteroatoms. The van der Waals surface area contributed by atoms with E-state index in [1.807, 2.05) is 56.3 Å². The van der Waals surface area contributed by atoms with Crippen LogP contribution in [0.25, 0.3) is 0 Å². The van der Waals surface area contributed by atoms with Crippen molar-refractivity contribution in [1.29, 1.82) is 0 Å². The number of benzene rings is 2. The summed E-state index contributed by atoms with van der Waals surface area (Å²) in [5.41, 5.74) is 4.23. The van der Waals surface area contributed by atoms with E-state index in [0.717, 1.165) is 29.5 Å². The molecule has 0 aromatic heterocycles. The maximum absolute atomic E-state index is 12.2. The normalized spacial score (nSPS) is 10.9. The first-order valence-electron chi connectivity index (χ1n) is 6.99. The molecule has 0 aliphatic carbocycles. The van der Waals surface area contributed by atoms with Crippen LogP contribution in [-0.4, -0.2) is 5.78 Å². The summed E-state index contributed by atoms with van der Waals surface area (Å²) < 4.78 is 0. The Balaban J connectivity index is 1.96. The van der Waals surface area contributed by atoms with Crippen LogP contribution < -0.4 is 0 Å². The molecule has 2 aromatic rings. The lowest BCUT2D eigenvalue weighted by Gasteiger charge is -2.05. The Bertz CT molecular complexity index is 589. The van der Waals surface area contributed by atoms with Gasteiger partial charge in [-0.15, -0.1) is 0 Å². The highest BCUT2D eigenvalue weighted by atomic mass is 16.1. The van der Waals surface area contributed by atoms with Crippen LogP contribution in [0.2, 0.25) is 0 Å². The van der Waals surface area contributed by atoms with Crippen molar-refractivity contribution in [1.82, 2.24) is 0 Å². The van der Waals surface area contributed by atoms with Crippen molar-refractivity contribution in [2.24, 2.45) is 0 Å². The Morgan fingerprint density at radius 3 is 2.25 bits per heavy atom. The zero-order valence-electron chi connectivity index (χ0n) is 12.1. The van der Waals surface area contributed by atoms with Crippen molar-refractivity contribution >= 4 is 5.78 Å². The SMILES string of the molecule is Cc1cccc(C)c1C(=O)/C=C/CCc1ccccc1. The number of carbonyl (C=O) groups is 1. The summed E-state index contributed by atoms with van der Waals surface area (Å²) in [5, 5.41) is 0. The average Bonchev–Trinajstić information content (AvgIpc) is 2.44. The summed E-state index contributed by atoms with van der Waals surface area (Å²) >= 11 is 0. The van der Waals surface area contributed by atoms with E-state index in [0.29, 0.717) is 0 Å². The Morgan fingerprint density at radius 2 is 1.60 bits per heavy atom. The molecule has 0 saturated heterocycles. The molecule has 0 amide bonds. The maximum atomic E-state index is 12.2. The fraction of sp³-hybridized carbons (Fsp3) is 0.211. The largest absolute Gasteiger partial charge is 0.289 e. The number of hydrogen-bond donors (Lipinski definition) is 0. The lowest BCUT2D eigenvalue weighted by atomic mass is 9.98. The Kier molecular flexibility index (Phi) is 4.89. The van der Waals surface area contributed by atoms with E-state index in [4.69, 9.17) is 0 Å². The second-order valence-corrected chi connectivity index (χ2v) is 5.06. The second kappa shape index (κ2) is 6.85. The minimum atomic E-state index is 0.105. The molecule has 1 nitrogen and oxygen atoms in total. The molecule has 20 heavy (non-hydrogen) atoms. The van der Waals surface area contributed by atoms with Gasteiger partial charge in [-0.2, -0.15) is 0 Å². The fourth-order valence-electron chi connectivity index (χ4n) is 2.37. The number of ketones is 1. The fourth-order valence-corrected chi connectivity index (χ4v) is 2.37. The van der Waals surface area contributed by atoms with E-state index in [1.54, 1.807) is 6.08 Å². The summed E-state index contributed by atoms with van der Waals surface area (Å²) in [4.78, 5) is 12.2. The van der Waals surface area contributed by atoms with Gasteiger partial charge in [-0.25, -0.2) is 0 Å². The summed E-state index contributed by atoms with van der Waals surface area (Å²) in [6.07, 6.45) is 5.54. The molecule has 2 rings (SSSR count). The molecule has 0 atom stereocenters. The predicted molar refractivity (Wildman–Crippen MR) is 84.1 cm³/mol. The lowest BCUT2D eigenvalue weighted by molar-refractivity contribution is 0.104. The number of aryl methyl sites for hydroxylation is 3. The second-order valence-electron chi connectivity index (χ2n) is 5.06. The summed E-state index contributed by atoms with van der Waals surface area (Å²) in [6.45, 7) is 3.97. The molecule has 0 aliphatic heterocycles. The lowest BCUT2D eigenvalue weighted by Crippen LogP contribution is -2.01. The van der Waals surface area contributed by atoms with E-state index < -0.39 is 0 Å². The van der Waals surface area contributed by atoms with Gasteiger partial charge in [0.15, 0.2) is 5.78 Å². The van der Waals surface area contributed by atoms with Crippen LogP contribution in [0.1, 0.15) is 33.5 Å². The monoisotopic (exact) mass is 264 g/mol. The van der Waals surface area contributed by atoms with E-state index in [9.17, 15) is 4.79 Å². The van der Waals surface area contributed by atoms with Crippen molar-refractivity contribution in [2.45, 2.75) is 26.7 Å². The number of hydrogen-bond acceptors (Lipinski definition) is 1. The minimum Gasteiger partial charge on any atom is -0.289 e. The van der Waals surface area contributed by atoms with Gasteiger partial charge >= 0.3 is 0 Å². The molecule has 0 unspecified atom stereocenters. The van der Waals surface area contributed by atoms with Gasteiger partial charge in [0.1, 0.15) is 0 Å². The van der Waals surface area contributed by atoms with Crippen molar-refractivity contribution < 1.29 is 4.79 Å². The smallest absolute Gasteiger partial charge is 0.186 e. The molecule has 0 saturated carbocycles. The van der Waals surface area contributed by atoms with Crippen molar-refractivity contribution in [3.05, 3.63) is 82.9 Å². The highest BCUT2D eigenvalue weighted by Crippen LogP contribution is 2.14. The van der Waals surface area contributed by atoms with Gasteiger partial charge in [-0.05, 0) is 49.5 Å². The first kappa shape index (κ1) is 14.3. The number of rotatable bonds is 5. The van der Waals surface area contributed by atoms with E-state index >= 15 is 0 Å². The Morgan fingerprint density at radius 1 is 0.950 bits per heavy atom. The summed E-state index contributed by atoms with van der Waals surface area (Å²) in [6, 6.07) is 16.3. The minimum absolute atomic E-state index is 0.105. The highest BCUT2D eigenvalue weighted by Gasteiger charge is 2.08. The molecule has 0 fully saturated rings. The third kappa shape index (κ3) is 3.67. The van der Waals surface area contributed by atoms with Gasteiger partial charge in [0.05, 0.1) is 0 Å². The van der Waals surface area contributed by atoms with Gasteiger partial charge < -0.3 is 0 Å². The standard InChI is InChI=1S/C19H20O/c1-15-9-8-10-16(2)19(15)18(20)14-7-6-13-17-11-4-3-5-12-17/h3-5,7-12,14H,6,13H2,1-2H3/b14-7+. The van der Waals surface area contributed by atoms with Crippen LogP contribution in [0.4, 0.5) is 0 Å². The zero-order valence-corrected chi connectivity index (χ0v) is 12.1. The molecule has 2 aromatic carbocycles. The topological polar surface area (TPSA) is 17.1 Å². The van der Waals surface area contributed by atoms with E-state index in [-0.39, 0.29) is 5.78 Å². The molecule has 0 aliphatic rings. The summed E-state index contributed by atoms with van der Waals surface area (Å²) in [7, 11) is 0. The molecule has 102 valence electrons. The molecule has 0 heterocycles. The van der Waals surface area contributed by atoms with Crippen molar-refractivity contribution in [3.63, 3.8) is 0 Å². The maximum Gasteiger partial charge on any atom is 0.186 e. The van der Waals surface area contributed by atoms with Crippen LogP contribution in [0.5, 0.6) is 0 Å². The first-order valence-corrected chi connectivity index (χ1v) is 6.99. The number of allylic oxidation sites excluding steroid dienone is 2. The van der Waals surface area contributed by atoms with Crippen LogP contribution in [0.15, 0.2) is 60.7 Å². The first-order chi connectivity index (χ1) is 9.68. The average molecular weight is 264 g/mol. The molecule has 0 spiro atoms. The Labute approximate surface area is 121 Å². The Hall–Kier alpha value is -2.15. The van der Waals surface area contributed by atoms with Gasteiger partial charge in [-0.3, -0.25) is 4.79 Å². The molecule has 0 radical (unpaired) electrons. The third-order valence-corrected chi connectivity index (χ3v) is 3.44. The quantitative estimate of drug-likeness (QED) is 0.566. The van der Waals surface area contributed by atoms with Gasteiger partial charge in [0, 0.05) is 5.56 Å². The zero-order chi connectivity index (χ0) is 14.4. The molecule has 0 bridgehead atoms. The van der Waals surface area contributed by atoms with Crippen LogP contribution in [-0.2, 0) is 6.42 Å². The molecular weight excluding hydrogens is 244 g/mol. The van der Waals surface area contributed by atoms with Crippen LogP contribution in [0, 0.1) is 13.8 Å². The number of carbonyl (C=O) groups excluding carboxylic acids is 1. The molecular formula is C19H20O. The molecule has 0 N–H and O–H groups in total. The van der Waals surface area contributed by atoms with Crippen LogP contribution in [0.3, 0.4) is 0 Å². The van der Waals surface area contributed by atoms with Crippen LogP contribution >= 0.6 is 0 Å². The van der Waals surface area contributed by atoms with E-state index in [2.05, 4.69) is 12.1 Å². The highest BCUT2D eigenvalue weighted by molar-refractivity contribution is 6.06. The van der Waals surface area contributed by atoms with Gasteiger partial charge in [-0.1, -0.05) is 54.6 Å². The van der Waals surface area contributed by atoms with E-state index in [1.165, 1.54) is 5.56 Å². The summed E-state index contributed by atoms with van der Waals surface area (Å²) in [5.74, 6) is 0.105. The van der Waals surface area contributed by atoms with Gasteiger partial charge in [0.25, 0.3) is 0 Å². The van der Waals surface area contributed by atoms with Gasteiger partial charge in [0.2, 0.25) is 0 Å². The third-order valence-electron chi connectivity index (χ3n) is 3.44. The predicted octanol–water partition coefficient (Wildman–Crippen LogP) is 4.68. The van der Waals surface area contributed by atoms with Crippen molar-refractivity contribution in [2.75, 3.05) is 0 Å².